The van der Waals surface area contributed by atoms with Crippen molar-refractivity contribution >= 4 is 40.9 Å². The number of anilines is 3. The van der Waals surface area contributed by atoms with E-state index in [1.54, 1.807) is 35.7 Å². The zero-order valence-electron chi connectivity index (χ0n) is 15.6. The highest BCUT2D eigenvalue weighted by Crippen LogP contribution is 2.39. The molecule has 8 heteroatoms. The number of carbonyl (C=O) groups excluding carboxylic acids is 1. The van der Waals surface area contributed by atoms with E-state index in [2.05, 4.69) is 27.3 Å². The highest BCUT2D eigenvalue weighted by Gasteiger charge is 2.41. The van der Waals surface area contributed by atoms with Crippen molar-refractivity contribution in [3.8, 4) is 0 Å². The number of likely N-dealkylation sites (N-methyl/N-ethyl adjacent to an activating group) is 1. The zero-order chi connectivity index (χ0) is 18.8. The Balaban J connectivity index is 1.65. The predicted octanol–water partition coefficient (Wildman–Crippen LogP) is 3.49. The van der Waals surface area contributed by atoms with Gasteiger partial charge in [0.05, 0.1) is 12.4 Å². The number of thiophene rings is 1. The average Bonchev–Trinajstić information content (AvgIpc) is 3.38. The summed E-state index contributed by atoms with van der Waals surface area (Å²) in [7, 11) is 1.81. The number of carbonyl (C=O) groups is 1. The summed E-state index contributed by atoms with van der Waals surface area (Å²) >= 11 is 1.62. The molecule has 0 saturated heterocycles. The van der Waals surface area contributed by atoms with E-state index in [9.17, 15) is 4.79 Å². The van der Waals surface area contributed by atoms with Gasteiger partial charge in [-0.3, -0.25) is 4.79 Å². The second-order valence-corrected chi connectivity index (χ2v) is 7.93. The lowest BCUT2D eigenvalue weighted by molar-refractivity contribution is -0.120. The number of aromatic nitrogens is 2. The van der Waals surface area contributed by atoms with Crippen LogP contribution in [-0.2, 0) is 4.79 Å². The first kappa shape index (κ1) is 17.9. The molecule has 0 bridgehead atoms. The SMILES string of the molecule is CCC1C(=O)N(C)c2cnc(NN=Cc3cccs3)nc2N1C1CCCC1. The molecule has 1 aliphatic carbocycles. The van der Waals surface area contributed by atoms with E-state index in [0.29, 0.717) is 12.0 Å². The summed E-state index contributed by atoms with van der Waals surface area (Å²) in [6.07, 6.45) is 8.87. The third-order valence-corrected chi connectivity index (χ3v) is 6.12. The van der Waals surface area contributed by atoms with Crippen LogP contribution in [-0.4, -0.2) is 41.2 Å². The maximum atomic E-state index is 12.9. The van der Waals surface area contributed by atoms with Gasteiger partial charge in [-0.05, 0) is 30.7 Å². The van der Waals surface area contributed by atoms with Crippen LogP contribution in [0.2, 0.25) is 0 Å². The van der Waals surface area contributed by atoms with Gasteiger partial charge in [0, 0.05) is 18.0 Å². The summed E-state index contributed by atoms with van der Waals surface area (Å²) in [6, 6.07) is 4.18. The quantitative estimate of drug-likeness (QED) is 0.631. The molecule has 142 valence electrons. The van der Waals surface area contributed by atoms with Crippen LogP contribution in [0.3, 0.4) is 0 Å². The molecule has 27 heavy (non-hydrogen) atoms. The fourth-order valence-electron chi connectivity index (χ4n) is 3.96. The van der Waals surface area contributed by atoms with Gasteiger partial charge in [0.15, 0.2) is 5.82 Å². The molecule has 1 saturated carbocycles. The molecule has 1 atom stereocenters. The van der Waals surface area contributed by atoms with Gasteiger partial charge in [0.25, 0.3) is 0 Å². The standard InChI is InChI=1S/C19H24N6OS/c1-3-15-18(26)24(2)16-12-20-19(23-21-11-14-9-6-10-27-14)22-17(16)25(15)13-7-4-5-8-13/h6,9-13,15H,3-5,7-8H2,1-2H3,(H,20,22,23). The minimum absolute atomic E-state index is 0.122. The molecular formula is C19H24N6OS. The maximum absolute atomic E-state index is 12.9. The topological polar surface area (TPSA) is 73.7 Å². The number of nitrogens with zero attached hydrogens (tertiary/aromatic N) is 5. The second-order valence-electron chi connectivity index (χ2n) is 6.95. The van der Waals surface area contributed by atoms with Crippen LogP contribution in [0.5, 0.6) is 0 Å². The first-order chi connectivity index (χ1) is 13.2. The fourth-order valence-corrected chi connectivity index (χ4v) is 4.54. The molecule has 0 radical (unpaired) electrons. The van der Waals surface area contributed by atoms with E-state index in [0.717, 1.165) is 35.6 Å². The number of hydrazone groups is 1. The summed E-state index contributed by atoms with van der Waals surface area (Å²) in [5.41, 5.74) is 3.69. The first-order valence-corrected chi connectivity index (χ1v) is 10.3. The summed E-state index contributed by atoms with van der Waals surface area (Å²) in [5, 5.41) is 6.25. The lowest BCUT2D eigenvalue weighted by atomic mass is 10.0. The fraction of sp³-hybridized carbons (Fsp3) is 0.474. The van der Waals surface area contributed by atoms with Crippen LogP contribution in [0.15, 0.2) is 28.8 Å². The van der Waals surface area contributed by atoms with Crippen LogP contribution < -0.4 is 15.2 Å². The Labute approximate surface area is 163 Å². The van der Waals surface area contributed by atoms with Crippen molar-refractivity contribution in [2.45, 2.75) is 51.1 Å². The Morgan fingerprint density at radius 3 is 2.93 bits per heavy atom. The van der Waals surface area contributed by atoms with Crippen LogP contribution >= 0.6 is 11.3 Å². The van der Waals surface area contributed by atoms with E-state index in [1.807, 2.05) is 17.5 Å². The lowest BCUT2D eigenvalue weighted by Gasteiger charge is -2.43. The van der Waals surface area contributed by atoms with E-state index in [1.165, 1.54) is 12.8 Å². The third-order valence-electron chi connectivity index (χ3n) is 5.31. The molecule has 2 aromatic heterocycles. The summed E-state index contributed by atoms with van der Waals surface area (Å²) < 4.78 is 0. The van der Waals surface area contributed by atoms with Crippen LogP contribution in [0.1, 0.15) is 43.9 Å². The van der Waals surface area contributed by atoms with Crippen molar-refractivity contribution in [3.05, 3.63) is 28.6 Å². The van der Waals surface area contributed by atoms with Crippen molar-refractivity contribution in [1.82, 2.24) is 9.97 Å². The van der Waals surface area contributed by atoms with Crippen LogP contribution in [0, 0.1) is 0 Å². The Morgan fingerprint density at radius 2 is 2.22 bits per heavy atom. The number of rotatable bonds is 5. The molecule has 0 aromatic carbocycles. The molecule has 1 amide bonds. The average molecular weight is 385 g/mol. The predicted molar refractivity (Wildman–Crippen MR) is 110 cm³/mol. The minimum atomic E-state index is -0.164. The Kier molecular flexibility index (Phi) is 5.07. The monoisotopic (exact) mass is 384 g/mol. The molecule has 1 N–H and O–H groups in total. The smallest absolute Gasteiger partial charge is 0.249 e. The highest BCUT2D eigenvalue weighted by atomic mass is 32.1. The molecule has 2 aliphatic rings. The normalized spacial score (nSPS) is 20.5. The third kappa shape index (κ3) is 3.41. The van der Waals surface area contributed by atoms with E-state index in [4.69, 9.17) is 4.98 Å². The van der Waals surface area contributed by atoms with Gasteiger partial charge >= 0.3 is 0 Å². The van der Waals surface area contributed by atoms with Gasteiger partial charge in [-0.1, -0.05) is 25.8 Å². The van der Waals surface area contributed by atoms with Crippen molar-refractivity contribution in [2.24, 2.45) is 5.10 Å². The Hall–Kier alpha value is -2.48. The first-order valence-electron chi connectivity index (χ1n) is 9.44. The van der Waals surface area contributed by atoms with E-state index < -0.39 is 0 Å². The number of hydrogen-bond acceptors (Lipinski definition) is 7. The van der Waals surface area contributed by atoms with Crippen molar-refractivity contribution in [2.75, 3.05) is 22.3 Å². The highest BCUT2D eigenvalue weighted by molar-refractivity contribution is 7.11. The van der Waals surface area contributed by atoms with Gasteiger partial charge < -0.3 is 9.80 Å². The van der Waals surface area contributed by atoms with E-state index >= 15 is 0 Å². The minimum Gasteiger partial charge on any atom is -0.340 e. The number of nitrogens with one attached hydrogen (secondary N) is 1. The zero-order valence-corrected chi connectivity index (χ0v) is 16.4. The molecule has 7 nitrogen and oxygen atoms in total. The van der Waals surface area contributed by atoms with Gasteiger partial charge in [-0.25, -0.2) is 10.4 Å². The Morgan fingerprint density at radius 1 is 1.41 bits per heavy atom. The molecule has 1 aliphatic heterocycles. The van der Waals surface area contributed by atoms with Crippen molar-refractivity contribution < 1.29 is 4.79 Å². The van der Waals surface area contributed by atoms with Crippen molar-refractivity contribution in [1.29, 1.82) is 0 Å². The number of fused-ring (bicyclic) bond motifs is 1. The molecule has 4 rings (SSSR count). The molecule has 3 heterocycles. The summed E-state index contributed by atoms with van der Waals surface area (Å²) in [5.74, 6) is 1.40. The molecule has 2 aromatic rings. The molecule has 1 unspecified atom stereocenters. The van der Waals surface area contributed by atoms with Gasteiger partial charge in [-0.2, -0.15) is 10.1 Å². The molecular weight excluding hydrogens is 360 g/mol. The largest absolute Gasteiger partial charge is 0.340 e. The van der Waals surface area contributed by atoms with Gasteiger partial charge in [0.2, 0.25) is 11.9 Å². The lowest BCUT2D eigenvalue weighted by Crippen LogP contribution is -2.55. The van der Waals surface area contributed by atoms with Gasteiger partial charge in [0.1, 0.15) is 11.7 Å². The molecule has 1 fully saturated rings. The second kappa shape index (κ2) is 7.64. The maximum Gasteiger partial charge on any atom is 0.249 e. The van der Waals surface area contributed by atoms with Crippen LogP contribution in [0.4, 0.5) is 17.5 Å². The number of amides is 1. The number of hydrogen-bond donors (Lipinski definition) is 1. The van der Waals surface area contributed by atoms with Crippen LogP contribution in [0.25, 0.3) is 0 Å². The summed E-state index contributed by atoms with van der Waals surface area (Å²) in [6.45, 7) is 2.06. The van der Waals surface area contributed by atoms with Gasteiger partial charge in [-0.15, -0.1) is 11.3 Å². The molecule has 0 spiro atoms. The summed E-state index contributed by atoms with van der Waals surface area (Å²) in [4.78, 5) is 26.9. The van der Waals surface area contributed by atoms with Crippen molar-refractivity contribution in [3.63, 3.8) is 0 Å². The van der Waals surface area contributed by atoms with E-state index in [-0.39, 0.29) is 11.9 Å². The Bertz CT molecular complexity index is 831.